The smallest absolute Gasteiger partial charge is 0.137 e. The minimum atomic E-state index is -1.95. The van der Waals surface area contributed by atoms with Gasteiger partial charge in [0.25, 0.3) is 0 Å². The monoisotopic (exact) mass is 906 g/mol. The van der Waals surface area contributed by atoms with Crippen LogP contribution >= 0.6 is 0 Å². The van der Waals surface area contributed by atoms with E-state index in [1.807, 2.05) is 120 Å². The van der Waals surface area contributed by atoms with Crippen LogP contribution in [0.3, 0.4) is 0 Å². The molecule has 0 spiro atoms. The van der Waals surface area contributed by atoms with Crippen LogP contribution in [0.25, 0.3) is 61.0 Å². The molecule has 6 heterocycles. The van der Waals surface area contributed by atoms with Gasteiger partial charge in [-0.1, -0.05) is 144 Å². The van der Waals surface area contributed by atoms with E-state index in [0.717, 1.165) is 45.0 Å². The Balaban J connectivity index is 1.14. The number of rotatable bonds is 4. The van der Waals surface area contributed by atoms with Crippen LogP contribution in [-0.2, 0) is 12.7 Å². The maximum absolute atomic E-state index is 9.75. The molecule has 6 nitrogen and oxygen atoms in total. The van der Waals surface area contributed by atoms with E-state index in [9.17, 15) is 8.22 Å². The maximum atomic E-state index is 9.75. The van der Waals surface area contributed by atoms with Crippen LogP contribution in [-0.4, -0.2) is 16.2 Å². The fourth-order valence-electron chi connectivity index (χ4n) is 9.73. The van der Waals surface area contributed by atoms with Crippen LogP contribution in [0.2, 0.25) is 0 Å². The van der Waals surface area contributed by atoms with Gasteiger partial charge in [-0.3, -0.25) is 4.57 Å². The number of benzene rings is 8. The normalized spacial score (nSPS) is 15.2. The molecule has 4 aliphatic heterocycles. The van der Waals surface area contributed by atoms with Gasteiger partial charge in [-0.05, 0) is 119 Å². The second-order valence-corrected chi connectivity index (χ2v) is 19.0. The highest BCUT2D eigenvalue weighted by atomic mass is 16.5. The molecule has 14 rings (SSSR count). The van der Waals surface area contributed by atoms with Crippen molar-refractivity contribution in [2.75, 3.05) is 16.5 Å². The first-order valence-electron chi connectivity index (χ1n) is 27.4. The maximum Gasteiger partial charge on any atom is 0.137 e. The fourth-order valence-corrected chi connectivity index (χ4v) is 9.73. The lowest BCUT2D eigenvalue weighted by Gasteiger charge is -2.27. The van der Waals surface area contributed by atoms with Crippen molar-refractivity contribution in [1.29, 1.82) is 0 Å². The predicted molar refractivity (Wildman–Crippen MR) is 285 cm³/mol. The molecule has 338 valence electrons. The number of aromatic nitrogens is 2. The van der Waals surface area contributed by atoms with E-state index in [0.29, 0.717) is 57.1 Å². The van der Waals surface area contributed by atoms with Gasteiger partial charge in [-0.2, -0.15) is 0 Å². The molecule has 0 N–H and O–H groups in total. The van der Waals surface area contributed by atoms with Gasteiger partial charge in [0, 0.05) is 57.0 Å². The van der Waals surface area contributed by atoms with E-state index in [1.54, 1.807) is 41.1 Å². The Hall–Kier alpha value is -8.09. The van der Waals surface area contributed by atoms with Crippen molar-refractivity contribution >= 4 is 44.6 Å². The standard InChI is InChI=1S/C63H54N4O2/c1-41(2)33-45-25-28-47-36-60(45)69-50-31-32-54-53-19-9-10-22-56(53)67(59(54)37-50)61-35-46(38-63(3,4)5)55(39-64-61)43-26-29-48(30-27-43)68-49-18-13-17-44(34-49)52-21-14-20-51(42-15-7-6-8-16-42)62(52)66-40-65(47)57-23-11-12-24-58(57)66/h6-32,34-37,39,41H,33,38,40H2,1-5H3/i9D,10D,19D,22D,33D2,38D2. The van der Waals surface area contributed by atoms with Crippen molar-refractivity contribution in [2.24, 2.45) is 11.3 Å². The van der Waals surface area contributed by atoms with E-state index < -0.39 is 30.1 Å². The lowest BCUT2D eigenvalue weighted by atomic mass is 9.85. The molecule has 4 aliphatic rings. The molecule has 0 atom stereocenters. The summed E-state index contributed by atoms with van der Waals surface area (Å²) in [6, 6.07) is 51.8. The van der Waals surface area contributed by atoms with Gasteiger partial charge >= 0.3 is 0 Å². The van der Waals surface area contributed by atoms with Gasteiger partial charge in [0.05, 0.1) is 33.6 Å². The molecular formula is C63H54N4O2. The van der Waals surface area contributed by atoms with Gasteiger partial charge < -0.3 is 19.3 Å². The number of fused-ring (bicyclic) bond motifs is 5. The summed E-state index contributed by atoms with van der Waals surface area (Å²) in [4.78, 5) is 9.54. The van der Waals surface area contributed by atoms with Crippen LogP contribution in [0.1, 0.15) is 56.7 Å². The summed E-state index contributed by atoms with van der Waals surface area (Å²) in [6.07, 6.45) is -2.16. The van der Waals surface area contributed by atoms with Crippen molar-refractivity contribution in [3.63, 3.8) is 0 Å². The summed E-state index contributed by atoms with van der Waals surface area (Å²) in [5, 5.41) is 0.769. The average Bonchev–Trinajstić information content (AvgIpc) is 4.16. The number of nitrogens with zero attached hydrogens (tertiary/aromatic N) is 4. The topological polar surface area (TPSA) is 42.8 Å². The van der Waals surface area contributed by atoms with Crippen LogP contribution in [0.5, 0.6) is 23.0 Å². The summed E-state index contributed by atoms with van der Waals surface area (Å²) in [5.74, 6) is 1.59. The van der Waals surface area contributed by atoms with Gasteiger partial charge in [-0.15, -0.1) is 0 Å². The molecule has 0 aliphatic carbocycles. The lowest BCUT2D eigenvalue weighted by molar-refractivity contribution is 0.411. The second kappa shape index (κ2) is 16.9. The Kier molecular flexibility index (Phi) is 8.39. The molecule has 0 fully saturated rings. The molecule has 69 heavy (non-hydrogen) atoms. The number of pyridine rings is 1. The quantitative estimate of drug-likeness (QED) is 0.176. The zero-order valence-electron chi connectivity index (χ0n) is 47.1. The third kappa shape index (κ3) is 7.86. The van der Waals surface area contributed by atoms with Crippen LogP contribution in [0, 0.1) is 11.3 Å². The number of para-hydroxylation sites is 4. The molecule has 2 aromatic heterocycles. The Bertz CT molecular complexity index is 4000. The molecule has 0 saturated heterocycles. The molecule has 0 unspecified atom stereocenters. The first kappa shape index (κ1) is 34.2. The SMILES string of the molecule is [2H]c1c([2H])c([2H])c2c(c1[2H])c1ccc3cc1n2-c1cc(C([2H])([2H])C(C)(C)C)c(cn1)-c1ccc(cc1)Oc1cccc(c1)-c1cccc(-c2ccccc2)c1N1CN(c2ccc(C([2H])([2H])C(C)C)c(c2)O3)c2ccccc21. The second-order valence-electron chi connectivity index (χ2n) is 19.0. The van der Waals surface area contributed by atoms with Gasteiger partial charge in [0.15, 0.2) is 0 Å². The Labute approximate surface area is 415 Å². The van der Waals surface area contributed by atoms with E-state index in [-0.39, 0.29) is 40.6 Å². The van der Waals surface area contributed by atoms with Gasteiger partial charge in [-0.25, -0.2) is 4.98 Å². The van der Waals surface area contributed by atoms with Crippen molar-refractivity contribution in [3.8, 4) is 62.2 Å². The first-order chi connectivity index (χ1) is 36.8. The van der Waals surface area contributed by atoms with Gasteiger partial charge in [0.1, 0.15) is 35.5 Å². The highest BCUT2D eigenvalue weighted by molar-refractivity contribution is 6.09. The molecule has 0 radical (unpaired) electrons. The van der Waals surface area contributed by atoms with E-state index >= 15 is 0 Å². The van der Waals surface area contributed by atoms with Crippen molar-refractivity contribution in [3.05, 3.63) is 205 Å². The fraction of sp³-hybridized carbons (Fsp3) is 0.159. The highest BCUT2D eigenvalue weighted by Gasteiger charge is 2.32. The third-order valence-corrected chi connectivity index (χ3v) is 12.6. The summed E-state index contributed by atoms with van der Waals surface area (Å²) < 4.78 is 89.9. The summed E-state index contributed by atoms with van der Waals surface area (Å²) in [7, 11) is 0. The lowest BCUT2D eigenvalue weighted by Crippen LogP contribution is -2.25. The van der Waals surface area contributed by atoms with E-state index in [4.69, 9.17) is 17.2 Å². The summed E-state index contributed by atoms with van der Waals surface area (Å²) in [6.45, 7) is 9.59. The number of anilines is 4. The van der Waals surface area contributed by atoms with Crippen molar-refractivity contribution in [1.82, 2.24) is 9.55 Å². The minimum absolute atomic E-state index is 0.168. The minimum Gasteiger partial charge on any atom is -0.457 e. The molecule has 10 aromatic rings. The number of hydrogen-bond donors (Lipinski definition) is 0. The summed E-state index contributed by atoms with van der Waals surface area (Å²) in [5.41, 5.74) is 9.26. The largest absolute Gasteiger partial charge is 0.457 e. The molecular weight excluding hydrogens is 845 g/mol. The van der Waals surface area contributed by atoms with Crippen LogP contribution in [0.15, 0.2) is 194 Å². The van der Waals surface area contributed by atoms with Crippen molar-refractivity contribution < 1.29 is 20.4 Å². The molecule has 0 saturated carbocycles. The molecule has 8 aromatic carbocycles. The first-order valence-corrected chi connectivity index (χ1v) is 23.4. The summed E-state index contributed by atoms with van der Waals surface area (Å²) >= 11 is 0. The Morgan fingerprint density at radius 2 is 1.29 bits per heavy atom. The molecule has 0 amide bonds. The zero-order chi connectivity index (χ0) is 53.9. The van der Waals surface area contributed by atoms with Crippen LogP contribution in [0.4, 0.5) is 22.7 Å². The Morgan fingerprint density at radius 3 is 2.09 bits per heavy atom. The average molecular weight is 907 g/mol. The molecule has 6 heteroatoms. The van der Waals surface area contributed by atoms with E-state index in [1.165, 1.54) is 0 Å². The highest BCUT2D eigenvalue weighted by Crippen LogP contribution is 2.51. The van der Waals surface area contributed by atoms with Crippen molar-refractivity contribution in [2.45, 2.75) is 47.4 Å². The predicted octanol–water partition coefficient (Wildman–Crippen LogP) is 17.1. The third-order valence-electron chi connectivity index (χ3n) is 12.6. The Morgan fingerprint density at radius 1 is 0.594 bits per heavy atom. The zero-order valence-corrected chi connectivity index (χ0v) is 39.1. The van der Waals surface area contributed by atoms with Crippen LogP contribution < -0.4 is 19.3 Å². The number of ether oxygens (including phenoxy) is 2. The molecule has 12 bridgehead atoms. The van der Waals surface area contributed by atoms with E-state index in [2.05, 4.69) is 58.3 Å². The number of hydrogen-bond acceptors (Lipinski definition) is 5. The van der Waals surface area contributed by atoms with Gasteiger partial charge in [0.2, 0.25) is 0 Å².